The van der Waals surface area contributed by atoms with Gasteiger partial charge in [-0.3, -0.25) is 9.59 Å². The van der Waals surface area contributed by atoms with Gasteiger partial charge >= 0.3 is 5.97 Å². The number of carbonyl (C=O) groups is 2. The summed E-state index contributed by atoms with van der Waals surface area (Å²) in [7, 11) is 0. The molecular formula is C70H121NO10. The number of aliphatic hydroxyl groups is 5. The van der Waals surface area contributed by atoms with Crippen LogP contribution in [0, 0.1) is 0 Å². The summed E-state index contributed by atoms with van der Waals surface area (Å²) in [6.07, 6.45) is 65.9. The lowest BCUT2D eigenvalue weighted by atomic mass is 9.99. The van der Waals surface area contributed by atoms with Gasteiger partial charge in [0.1, 0.15) is 24.4 Å². The number of carbonyl (C=O) groups excluding carboxylic acids is 2. The van der Waals surface area contributed by atoms with Gasteiger partial charge in [-0.2, -0.15) is 0 Å². The van der Waals surface area contributed by atoms with E-state index in [1.165, 1.54) is 103 Å². The normalized spacial score (nSPS) is 19.3. The van der Waals surface area contributed by atoms with Gasteiger partial charge in [0.05, 0.1) is 25.4 Å². The Kier molecular flexibility index (Phi) is 53.2. The zero-order chi connectivity index (χ0) is 58.9. The molecule has 466 valence electrons. The van der Waals surface area contributed by atoms with Crippen LogP contribution in [-0.4, -0.2) is 99.6 Å². The highest BCUT2D eigenvalue weighted by Crippen LogP contribution is 2.26. The number of amides is 1. The topological polar surface area (TPSA) is 175 Å². The van der Waals surface area contributed by atoms with E-state index in [4.69, 9.17) is 14.2 Å². The molecule has 8 atom stereocenters. The number of allylic oxidation sites excluding steroid dienone is 15. The zero-order valence-electron chi connectivity index (χ0n) is 51.6. The predicted molar refractivity (Wildman–Crippen MR) is 338 cm³/mol. The van der Waals surface area contributed by atoms with Gasteiger partial charge in [-0.05, 0) is 103 Å². The molecule has 8 unspecified atom stereocenters. The fraction of sp³-hybridized carbons (Fsp3) is 0.743. The molecule has 1 amide bonds. The van der Waals surface area contributed by atoms with Gasteiger partial charge in [0.2, 0.25) is 5.91 Å². The van der Waals surface area contributed by atoms with Crippen LogP contribution in [0.4, 0.5) is 0 Å². The molecule has 1 rings (SSSR count). The summed E-state index contributed by atoms with van der Waals surface area (Å²) in [4.78, 5) is 26.6. The predicted octanol–water partition coefficient (Wildman–Crippen LogP) is 16.3. The van der Waals surface area contributed by atoms with Crippen LogP contribution in [0.3, 0.4) is 0 Å². The molecule has 1 aliphatic heterocycles. The van der Waals surface area contributed by atoms with Gasteiger partial charge in [-0.25, -0.2) is 0 Å². The lowest BCUT2D eigenvalue weighted by Gasteiger charge is -2.41. The molecule has 1 aliphatic rings. The highest BCUT2D eigenvalue weighted by Gasteiger charge is 2.47. The maximum atomic E-state index is 13.4. The summed E-state index contributed by atoms with van der Waals surface area (Å²) in [5, 5.41) is 57.0. The van der Waals surface area contributed by atoms with Crippen molar-refractivity contribution in [3.8, 4) is 0 Å². The molecule has 1 heterocycles. The van der Waals surface area contributed by atoms with Crippen LogP contribution in [0.25, 0.3) is 0 Å². The van der Waals surface area contributed by atoms with E-state index >= 15 is 0 Å². The molecule has 0 aromatic heterocycles. The van der Waals surface area contributed by atoms with Crippen LogP contribution in [0.15, 0.2) is 97.2 Å². The Morgan fingerprint density at radius 3 is 1.36 bits per heavy atom. The van der Waals surface area contributed by atoms with Crippen LogP contribution < -0.4 is 5.32 Å². The first-order valence-electron chi connectivity index (χ1n) is 33.0. The minimum absolute atomic E-state index is 0.108. The van der Waals surface area contributed by atoms with Crippen LogP contribution >= 0.6 is 0 Å². The van der Waals surface area contributed by atoms with E-state index in [2.05, 4.69) is 111 Å². The standard InChI is InChI=1S/C70H121NO10/c1-4-7-10-13-16-19-22-24-26-27-28-29-30-31-32-33-34-35-36-37-38-40-43-46-49-52-55-58-65(75)81-68-67(77)66(76)64(59-72)80-70(68)79-60-61(62(73)56-53-50-47-44-41-21-18-15-12-9-6-3)71-69(78)63(74)57-54-51-48-45-42-39-25-23-20-17-14-11-8-5-2/h7,10,16,19-20,23-24,26,28-29,31-32,34-35,53,56,61-64,66-68,70,72-74,76-77H,4-6,8-9,11-15,17-18,21-22,25,27,30,33,36-52,54-55,57-60H2,1-3H3,(H,71,78)/b10-7-,19-16-,23-20-,26-24-,29-28-,32-31-,35-34-,56-53+. The Hall–Kier alpha value is -3.42. The van der Waals surface area contributed by atoms with Gasteiger partial charge in [-0.1, -0.05) is 259 Å². The van der Waals surface area contributed by atoms with Crippen molar-refractivity contribution < 1.29 is 49.3 Å². The molecule has 0 aliphatic carbocycles. The number of nitrogens with one attached hydrogen (secondary N) is 1. The molecule has 1 saturated heterocycles. The lowest BCUT2D eigenvalue weighted by molar-refractivity contribution is -0.305. The highest BCUT2D eigenvalue weighted by molar-refractivity contribution is 5.80. The minimum atomic E-state index is -1.62. The van der Waals surface area contributed by atoms with Crippen molar-refractivity contribution in [2.75, 3.05) is 13.2 Å². The number of aliphatic hydroxyl groups excluding tert-OH is 5. The van der Waals surface area contributed by atoms with E-state index in [0.29, 0.717) is 12.8 Å². The summed E-state index contributed by atoms with van der Waals surface area (Å²) in [6, 6.07) is -1.03. The average Bonchev–Trinajstić information content (AvgIpc) is 3.49. The van der Waals surface area contributed by atoms with E-state index in [1.54, 1.807) is 6.08 Å². The van der Waals surface area contributed by atoms with Crippen LogP contribution in [-0.2, 0) is 23.8 Å². The molecule has 11 nitrogen and oxygen atoms in total. The number of esters is 1. The SMILES string of the molecule is CC/C=C\C/C=C\C/C=C\C/C=C\C/C=C\C/C=C\CCCCCCCCCCC(=O)OC1C(OCC(NC(=O)C(O)CCCCCCCC/C=C\CCCCCC)C(O)/C=C/CCCCCCCCCCC)OC(CO)C(O)C1O. The van der Waals surface area contributed by atoms with Crippen molar-refractivity contribution in [2.24, 2.45) is 0 Å². The monoisotopic (exact) mass is 1140 g/mol. The third-order valence-electron chi connectivity index (χ3n) is 15.0. The van der Waals surface area contributed by atoms with Crippen molar-refractivity contribution in [2.45, 2.75) is 320 Å². The van der Waals surface area contributed by atoms with E-state index in [-0.39, 0.29) is 19.4 Å². The maximum Gasteiger partial charge on any atom is 0.306 e. The Bertz CT molecular complexity index is 1690. The molecule has 0 saturated carbocycles. The fourth-order valence-electron chi connectivity index (χ4n) is 9.77. The molecular weight excluding hydrogens is 1010 g/mol. The van der Waals surface area contributed by atoms with E-state index in [0.717, 1.165) is 122 Å². The largest absolute Gasteiger partial charge is 0.454 e. The van der Waals surface area contributed by atoms with Crippen LogP contribution in [0.5, 0.6) is 0 Å². The molecule has 0 bridgehead atoms. The molecule has 11 heteroatoms. The van der Waals surface area contributed by atoms with E-state index in [1.807, 2.05) is 6.08 Å². The molecule has 6 N–H and O–H groups in total. The summed E-state index contributed by atoms with van der Waals surface area (Å²) in [5.41, 5.74) is 0. The second-order valence-corrected chi connectivity index (χ2v) is 22.5. The third-order valence-corrected chi connectivity index (χ3v) is 15.0. The Balaban J connectivity index is 2.58. The molecule has 0 aromatic carbocycles. The average molecular weight is 1140 g/mol. The number of hydrogen-bond acceptors (Lipinski definition) is 10. The van der Waals surface area contributed by atoms with Gasteiger partial charge in [0, 0.05) is 6.42 Å². The van der Waals surface area contributed by atoms with E-state index < -0.39 is 67.4 Å². The molecule has 0 aromatic rings. The fourth-order valence-corrected chi connectivity index (χ4v) is 9.77. The smallest absolute Gasteiger partial charge is 0.306 e. The second kappa shape index (κ2) is 57.0. The van der Waals surface area contributed by atoms with Crippen molar-refractivity contribution in [1.82, 2.24) is 5.32 Å². The molecule has 81 heavy (non-hydrogen) atoms. The summed E-state index contributed by atoms with van der Waals surface area (Å²) < 4.78 is 17.6. The summed E-state index contributed by atoms with van der Waals surface area (Å²) >= 11 is 0. The van der Waals surface area contributed by atoms with Crippen LogP contribution in [0.1, 0.15) is 271 Å². The number of rotatable bonds is 55. The molecule has 0 spiro atoms. The van der Waals surface area contributed by atoms with Gasteiger partial charge in [0.15, 0.2) is 12.4 Å². The highest BCUT2D eigenvalue weighted by atomic mass is 16.7. The van der Waals surface area contributed by atoms with Crippen molar-refractivity contribution in [3.05, 3.63) is 97.2 Å². The van der Waals surface area contributed by atoms with Crippen molar-refractivity contribution in [3.63, 3.8) is 0 Å². The quantitative estimate of drug-likeness (QED) is 0.0195. The summed E-state index contributed by atoms with van der Waals surface area (Å²) in [5.74, 6) is -1.21. The maximum absolute atomic E-state index is 13.4. The Morgan fingerprint density at radius 1 is 0.494 bits per heavy atom. The number of ether oxygens (including phenoxy) is 3. The first kappa shape index (κ1) is 75.6. The van der Waals surface area contributed by atoms with E-state index in [9.17, 15) is 35.1 Å². The molecule has 1 fully saturated rings. The Labute approximate surface area is 495 Å². The van der Waals surface area contributed by atoms with Gasteiger partial charge < -0.3 is 45.1 Å². The Morgan fingerprint density at radius 2 is 0.889 bits per heavy atom. The van der Waals surface area contributed by atoms with Crippen LogP contribution in [0.2, 0.25) is 0 Å². The lowest BCUT2D eigenvalue weighted by Crippen LogP contribution is -2.61. The zero-order valence-corrected chi connectivity index (χ0v) is 51.6. The van der Waals surface area contributed by atoms with Crippen molar-refractivity contribution >= 4 is 11.9 Å². The third kappa shape index (κ3) is 44.7. The minimum Gasteiger partial charge on any atom is -0.454 e. The van der Waals surface area contributed by atoms with Gasteiger partial charge in [0.25, 0.3) is 0 Å². The molecule has 0 radical (unpaired) electrons. The number of hydrogen-bond donors (Lipinski definition) is 6. The number of unbranched alkanes of at least 4 members (excludes halogenated alkanes) is 27. The first-order valence-corrected chi connectivity index (χ1v) is 33.0. The second-order valence-electron chi connectivity index (χ2n) is 22.5. The first-order chi connectivity index (χ1) is 39.7. The van der Waals surface area contributed by atoms with Gasteiger partial charge in [-0.15, -0.1) is 0 Å². The van der Waals surface area contributed by atoms with Crippen molar-refractivity contribution in [1.29, 1.82) is 0 Å². The summed E-state index contributed by atoms with van der Waals surface area (Å²) in [6.45, 7) is 5.65.